The molecular formula is C29H29N7O3. The third-order valence-corrected chi connectivity index (χ3v) is 7.27. The zero-order valence-electron chi connectivity index (χ0n) is 21.9. The highest BCUT2D eigenvalue weighted by Crippen LogP contribution is 2.36. The summed E-state index contributed by atoms with van der Waals surface area (Å²) in [5, 5.41) is 13.9. The monoisotopic (exact) mass is 523 g/mol. The minimum Gasteiger partial charge on any atom is -0.492 e. The molecule has 2 bridgehead atoms. The maximum absolute atomic E-state index is 13.2. The van der Waals surface area contributed by atoms with Crippen LogP contribution in [0.15, 0.2) is 55.1 Å². The Morgan fingerprint density at radius 1 is 1.08 bits per heavy atom. The van der Waals surface area contributed by atoms with Gasteiger partial charge >= 0.3 is 0 Å². The Bertz CT molecular complexity index is 1530. The number of piperazine rings is 1. The molecule has 7 heterocycles. The van der Waals surface area contributed by atoms with Crippen LogP contribution in [0.1, 0.15) is 42.6 Å². The fraction of sp³-hybridized carbons (Fsp3) is 0.345. The summed E-state index contributed by atoms with van der Waals surface area (Å²) >= 11 is 0. The van der Waals surface area contributed by atoms with Crippen LogP contribution in [0.3, 0.4) is 0 Å². The Morgan fingerprint density at radius 3 is 2.59 bits per heavy atom. The highest BCUT2D eigenvalue weighted by molar-refractivity contribution is 5.95. The van der Waals surface area contributed by atoms with Crippen LogP contribution in [-0.4, -0.2) is 68.8 Å². The molecule has 198 valence electrons. The molecule has 39 heavy (non-hydrogen) atoms. The average Bonchev–Trinajstić information content (AvgIpc) is 3.39. The Morgan fingerprint density at radius 2 is 1.92 bits per heavy atom. The number of pyridine rings is 3. The van der Waals surface area contributed by atoms with Gasteiger partial charge in [0, 0.05) is 42.7 Å². The van der Waals surface area contributed by atoms with Crippen molar-refractivity contribution < 1.29 is 14.3 Å². The van der Waals surface area contributed by atoms with Crippen molar-refractivity contribution in [1.29, 1.82) is 5.26 Å². The molecule has 4 aromatic heterocycles. The van der Waals surface area contributed by atoms with Crippen molar-refractivity contribution in [2.45, 2.75) is 38.8 Å². The molecule has 3 aliphatic heterocycles. The van der Waals surface area contributed by atoms with Gasteiger partial charge in [0.2, 0.25) is 5.88 Å². The van der Waals surface area contributed by atoms with Gasteiger partial charge in [-0.05, 0) is 44.0 Å². The van der Waals surface area contributed by atoms with Crippen molar-refractivity contribution in [3.05, 3.63) is 66.2 Å². The van der Waals surface area contributed by atoms with E-state index in [2.05, 4.69) is 21.1 Å². The molecule has 0 aromatic carbocycles. The molecule has 0 N–H and O–H groups in total. The van der Waals surface area contributed by atoms with E-state index in [0.29, 0.717) is 36.0 Å². The van der Waals surface area contributed by atoms with Crippen molar-refractivity contribution >= 4 is 17.2 Å². The number of rotatable bonds is 8. The first kappa shape index (κ1) is 24.7. The van der Waals surface area contributed by atoms with E-state index in [4.69, 9.17) is 14.5 Å². The average molecular weight is 524 g/mol. The van der Waals surface area contributed by atoms with Crippen molar-refractivity contribution in [1.82, 2.24) is 24.5 Å². The zero-order valence-corrected chi connectivity index (χ0v) is 21.9. The molecule has 2 atom stereocenters. The normalized spacial score (nSPS) is 18.0. The molecule has 1 amide bonds. The fourth-order valence-corrected chi connectivity index (χ4v) is 5.45. The Kier molecular flexibility index (Phi) is 6.49. The Labute approximate surface area is 226 Å². The molecule has 0 aliphatic carbocycles. The molecule has 10 heteroatoms. The van der Waals surface area contributed by atoms with E-state index in [1.165, 1.54) is 0 Å². The molecule has 0 radical (unpaired) electrons. The summed E-state index contributed by atoms with van der Waals surface area (Å²) in [5.74, 6) is 2.10. The lowest BCUT2D eigenvalue weighted by atomic mass is 9.86. The van der Waals surface area contributed by atoms with Crippen LogP contribution in [0.5, 0.6) is 11.6 Å². The van der Waals surface area contributed by atoms with E-state index in [9.17, 15) is 10.1 Å². The predicted molar refractivity (Wildman–Crippen MR) is 145 cm³/mol. The van der Waals surface area contributed by atoms with E-state index in [-0.39, 0.29) is 18.0 Å². The number of carbonyl (C=O) groups excluding carboxylic acids is 1. The number of piperidine rings is 1. The molecule has 3 aliphatic rings. The number of nitrogens with zero attached hydrogens (tertiary/aromatic N) is 7. The summed E-state index contributed by atoms with van der Waals surface area (Å²) in [6, 6.07) is 12.0. The smallest absolute Gasteiger partial charge is 0.256 e. The van der Waals surface area contributed by atoms with Crippen molar-refractivity contribution in [2.24, 2.45) is 0 Å². The topological polar surface area (TPSA) is 109 Å². The standard InChI is InChI=1S/C29H29N7O3/c1-3-9-39-27-8-6-20(14-32-27)29(37)36-22-10-23(36)17-34(16-22)26-7-5-19(13-31-26)25-11-24(38-4-2)18-35-28(25)21(12-30)15-33-35/h5-8,11,13-15,18,22-23H,3-4,9-10,16-17H2,1-2H3. The highest BCUT2D eigenvalue weighted by Gasteiger charge is 2.47. The van der Waals surface area contributed by atoms with Crippen molar-refractivity contribution in [2.75, 3.05) is 31.2 Å². The summed E-state index contributed by atoms with van der Waals surface area (Å²) in [5.41, 5.74) is 3.52. The van der Waals surface area contributed by atoms with Gasteiger partial charge in [0.05, 0.1) is 54.3 Å². The van der Waals surface area contributed by atoms with Crippen LogP contribution >= 0.6 is 0 Å². The number of amides is 1. The SMILES string of the molecule is CCCOc1ccc(C(=O)N2C3CC2CN(c2ccc(-c4cc(OCC)cn5ncc(C#N)c45)cn2)C3)cn1. The molecule has 7 rings (SSSR count). The van der Waals surface area contributed by atoms with E-state index in [1.807, 2.05) is 43.1 Å². The van der Waals surface area contributed by atoms with E-state index in [1.54, 1.807) is 35.2 Å². The number of hydrogen-bond donors (Lipinski definition) is 0. The predicted octanol–water partition coefficient (Wildman–Crippen LogP) is 3.95. The van der Waals surface area contributed by atoms with Crippen LogP contribution in [0.2, 0.25) is 0 Å². The minimum absolute atomic E-state index is 0.0149. The lowest BCUT2D eigenvalue weighted by molar-refractivity contribution is 0.00572. The number of aromatic nitrogens is 4. The van der Waals surface area contributed by atoms with Crippen molar-refractivity contribution in [3.8, 4) is 28.8 Å². The van der Waals surface area contributed by atoms with Crippen LogP contribution in [0, 0.1) is 11.3 Å². The lowest BCUT2D eigenvalue weighted by Crippen LogP contribution is -2.70. The van der Waals surface area contributed by atoms with Gasteiger partial charge in [-0.3, -0.25) is 4.79 Å². The summed E-state index contributed by atoms with van der Waals surface area (Å²) in [6.45, 7) is 6.56. The molecule has 0 spiro atoms. The van der Waals surface area contributed by atoms with Crippen LogP contribution < -0.4 is 14.4 Å². The summed E-state index contributed by atoms with van der Waals surface area (Å²) in [4.78, 5) is 26.5. The first-order valence-corrected chi connectivity index (χ1v) is 13.3. The van der Waals surface area contributed by atoms with E-state index >= 15 is 0 Å². The van der Waals surface area contributed by atoms with E-state index in [0.717, 1.165) is 48.4 Å². The van der Waals surface area contributed by atoms with Gasteiger partial charge in [-0.25, -0.2) is 14.5 Å². The summed E-state index contributed by atoms with van der Waals surface area (Å²) in [6.07, 6.45) is 8.68. The molecule has 3 saturated heterocycles. The molecule has 4 aromatic rings. The molecule has 3 fully saturated rings. The van der Waals surface area contributed by atoms with Crippen molar-refractivity contribution in [3.63, 3.8) is 0 Å². The van der Waals surface area contributed by atoms with Crippen LogP contribution in [0.25, 0.3) is 16.6 Å². The first-order valence-electron chi connectivity index (χ1n) is 13.3. The number of anilines is 1. The Balaban J connectivity index is 1.17. The number of fused-ring (bicyclic) bond motifs is 3. The number of carbonyl (C=O) groups is 1. The van der Waals surface area contributed by atoms with Crippen LogP contribution in [0.4, 0.5) is 5.82 Å². The molecule has 0 saturated carbocycles. The second-order valence-corrected chi connectivity index (χ2v) is 9.79. The molecular weight excluding hydrogens is 494 g/mol. The summed E-state index contributed by atoms with van der Waals surface area (Å²) < 4.78 is 12.9. The second-order valence-electron chi connectivity index (χ2n) is 9.79. The van der Waals surface area contributed by atoms with Gasteiger partial charge in [-0.2, -0.15) is 10.4 Å². The van der Waals surface area contributed by atoms with Gasteiger partial charge in [-0.1, -0.05) is 6.92 Å². The maximum atomic E-state index is 13.2. The van der Waals surface area contributed by atoms with Gasteiger partial charge in [0.1, 0.15) is 17.6 Å². The molecule has 10 nitrogen and oxygen atoms in total. The number of hydrogen-bond acceptors (Lipinski definition) is 8. The number of nitriles is 1. The quantitative estimate of drug-likeness (QED) is 0.342. The van der Waals surface area contributed by atoms with Crippen LogP contribution in [-0.2, 0) is 0 Å². The van der Waals surface area contributed by atoms with Gasteiger partial charge in [-0.15, -0.1) is 0 Å². The van der Waals surface area contributed by atoms with Gasteiger partial charge < -0.3 is 19.3 Å². The number of ether oxygens (including phenoxy) is 2. The Hall–Kier alpha value is -4.65. The maximum Gasteiger partial charge on any atom is 0.256 e. The first-order chi connectivity index (χ1) is 19.1. The lowest BCUT2D eigenvalue weighted by Gasteiger charge is -2.56. The zero-order chi connectivity index (χ0) is 26.9. The highest BCUT2D eigenvalue weighted by atomic mass is 16.5. The second kappa shape index (κ2) is 10.3. The van der Waals surface area contributed by atoms with Gasteiger partial charge in [0.25, 0.3) is 5.91 Å². The third kappa shape index (κ3) is 4.50. The fourth-order valence-electron chi connectivity index (χ4n) is 5.45. The third-order valence-electron chi connectivity index (χ3n) is 7.27. The molecule has 2 unspecified atom stereocenters. The van der Waals surface area contributed by atoms with E-state index < -0.39 is 0 Å². The largest absolute Gasteiger partial charge is 0.492 e. The van der Waals surface area contributed by atoms with Gasteiger partial charge in [0.15, 0.2) is 0 Å². The summed E-state index contributed by atoms with van der Waals surface area (Å²) in [7, 11) is 0. The minimum atomic E-state index is 0.0149.